The molecule has 1 aliphatic rings. The first-order valence-corrected chi connectivity index (χ1v) is 8.84. The van der Waals surface area contributed by atoms with Crippen molar-refractivity contribution in [3.05, 3.63) is 65.2 Å². The topological polar surface area (TPSA) is 49.8 Å². The molecule has 0 aromatic heterocycles. The summed E-state index contributed by atoms with van der Waals surface area (Å²) in [5, 5.41) is 9.38. The van der Waals surface area contributed by atoms with E-state index in [1.807, 2.05) is 36.4 Å². The Hall–Kier alpha value is -2.33. The fraction of sp³-hybridized carbons (Fsp3) is 0.381. The van der Waals surface area contributed by atoms with Crippen LogP contribution in [0.5, 0.6) is 5.75 Å². The minimum Gasteiger partial charge on any atom is -0.489 e. The van der Waals surface area contributed by atoms with Crippen molar-refractivity contribution in [2.75, 3.05) is 13.2 Å². The zero-order chi connectivity index (χ0) is 17.6. The number of ether oxygens (including phenoxy) is 1. The molecule has 1 atom stereocenters. The van der Waals surface area contributed by atoms with Gasteiger partial charge in [-0.05, 0) is 48.6 Å². The number of likely N-dealkylation sites (tertiary alicyclic amines) is 1. The third kappa shape index (κ3) is 4.40. The first-order valence-electron chi connectivity index (χ1n) is 8.84. The Morgan fingerprint density at radius 1 is 1.24 bits per heavy atom. The summed E-state index contributed by atoms with van der Waals surface area (Å²) < 4.78 is 5.90. The molecular weight excluding hydrogens is 314 g/mol. The van der Waals surface area contributed by atoms with E-state index in [0.717, 1.165) is 36.3 Å². The van der Waals surface area contributed by atoms with Crippen LogP contribution in [0.15, 0.2) is 48.5 Å². The number of hydrogen-bond acceptors (Lipinski definition) is 3. The van der Waals surface area contributed by atoms with E-state index in [2.05, 4.69) is 19.1 Å². The molecule has 1 amide bonds. The van der Waals surface area contributed by atoms with E-state index in [4.69, 9.17) is 4.74 Å². The van der Waals surface area contributed by atoms with Crippen molar-refractivity contribution in [3.8, 4) is 5.75 Å². The van der Waals surface area contributed by atoms with Crippen LogP contribution in [-0.2, 0) is 17.8 Å². The van der Waals surface area contributed by atoms with Gasteiger partial charge in [-0.3, -0.25) is 4.79 Å². The molecule has 0 unspecified atom stereocenters. The number of rotatable bonds is 6. The van der Waals surface area contributed by atoms with Gasteiger partial charge in [0, 0.05) is 6.54 Å². The van der Waals surface area contributed by atoms with Gasteiger partial charge in [0.05, 0.1) is 19.1 Å². The lowest BCUT2D eigenvalue weighted by Crippen LogP contribution is -2.38. The van der Waals surface area contributed by atoms with Crippen molar-refractivity contribution in [2.24, 2.45) is 0 Å². The molecular formula is C21H25NO3. The lowest BCUT2D eigenvalue weighted by Gasteiger charge is -2.23. The van der Waals surface area contributed by atoms with E-state index in [1.165, 1.54) is 5.56 Å². The second-order valence-electron chi connectivity index (χ2n) is 6.61. The Morgan fingerprint density at radius 3 is 2.88 bits per heavy atom. The lowest BCUT2D eigenvalue weighted by molar-refractivity contribution is -0.131. The highest BCUT2D eigenvalue weighted by molar-refractivity contribution is 5.79. The van der Waals surface area contributed by atoms with Gasteiger partial charge in [-0.1, -0.05) is 36.4 Å². The predicted octanol–water partition coefficient (Wildman–Crippen LogP) is 3.10. The second-order valence-corrected chi connectivity index (χ2v) is 6.61. The SMILES string of the molecule is Cc1ccccc1COc1cccc(CC(=O)N2CCC[C@@H]2CO)c1. The fourth-order valence-electron chi connectivity index (χ4n) is 3.31. The maximum absolute atomic E-state index is 12.5. The van der Waals surface area contributed by atoms with Gasteiger partial charge < -0.3 is 14.7 Å². The highest BCUT2D eigenvalue weighted by Gasteiger charge is 2.27. The van der Waals surface area contributed by atoms with E-state index >= 15 is 0 Å². The van der Waals surface area contributed by atoms with Crippen LogP contribution in [0, 0.1) is 6.92 Å². The maximum Gasteiger partial charge on any atom is 0.227 e. The third-order valence-corrected chi connectivity index (χ3v) is 4.82. The van der Waals surface area contributed by atoms with Crippen LogP contribution in [0.3, 0.4) is 0 Å². The number of nitrogens with zero attached hydrogens (tertiary/aromatic N) is 1. The van der Waals surface area contributed by atoms with Gasteiger partial charge in [-0.2, -0.15) is 0 Å². The van der Waals surface area contributed by atoms with Crippen molar-refractivity contribution in [3.63, 3.8) is 0 Å². The normalized spacial score (nSPS) is 16.9. The molecule has 4 nitrogen and oxygen atoms in total. The number of amides is 1. The summed E-state index contributed by atoms with van der Waals surface area (Å²) in [6.45, 7) is 3.38. The molecule has 1 fully saturated rings. The number of aryl methyl sites for hydroxylation is 1. The molecule has 2 aromatic carbocycles. The van der Waals surface area contributed by atoms with E-state index in [0.29, 0.717) is 13.0 Å². The van der Waals surface area contributed by atoms with Crippen molar-refractivity contribution in [1.29, 1.82) is 0 Å². The summed E-state index contributed by atoms with van der Waals surface area (Å²) in [7, 11) is 0. The van der Waals surface area contributed by atoms with Crippen LogP contribution in [0.4, 0.5) is 0 Å². The Morgan fingerprint density at radius 2 is 2.08 bits per heavy atom. The molecule has 0 aliphatic carbocycles. The van der Waals surface area contributed by atoms with E-state index in [9.17, 15) is 9.90 Å². The largest absolute Gasteiger partial charge is 0.489 e. The van der Waals surface area contributed by atoms with Crippen molar-refractivity contribution >= 4 is 5.91 Å². The molecule has 3 rings (SSSR count). The summed E-state index contributed by atoms with van der Waals surface area (Å²) in [5.41, 5.74) is 3.31. The number of hydrogen-bond donors (Lipinski definition) is 1. The summed E-state index contributed by atoms with van der Waals surface area (Å²) in [4.78, 5) is 14.3. The van der Waals surface area contributed by atoms with Crippen LogP contribution in [0.2, 0.25) is 0 Å². The Labute approximate surface area is 149 Å². The molecule has 1 saturated heterocycles. The Balaban J connectivity index is 1.61. The highest BCUT2D eigenvalue weighted by Crippen LogP contribution is 2.20. The molecule has 2 aromatic rings. The van der Waals surface area contributed by atoms with Crippen LogP contribution in [0.25, 0.3) is 0 Å². The number of aliphatic hydroxyl groups excluding tert-OH is 1. The third-order valence-electron chi connectivity index (χ3n) is 4.82. The highest BCUT2D eigenvalue weighted by atomic mass is 16.5. The molecule has 1 heterocycles. The quantitative estimate of drug-likeness (QED) is 0.880. The smallest absolute Gasteiger partial charge is 0.227 e. The maximum atomic E-state index is 12.5. The van der Waals surface area contributed by atoms with Crippen LogP contribution >= 0.6 is 0 Å². The van der Waals surface area contributed by atoms with Gasteiger partial charge in [-0.15, -0.1) is 0 Å². The van der Waals surface area contributed by atoms with Gasteiger partial charge in [0.15, 0.2) is 0 Å². The van der Waals surface area contributed by atoms with Crippen LogP contribution in [-0.4, -0.2) is 35.1 Å². The Bertz CT molecular complexity index is 729. The molecule has 0 bridgehead atoms. The second kappa shape index (κ2) is 8.17. The van der Waals surface area contributed by atoms with Gasteiger partial charge >= 0.3 is 0 Å². The number of aliphatic hydroxyl groups is 1. The molecule has 4 heteroatoms. The minimum absolute atomic E-state index is 0.0204. The minimum atomic E-state index is -0.0204. The van der Waals surface area contributed by atoms with Crippen LogP contribution in [0.1, 0.15) is 29.5 Å². The first-order chi connectivity index (χ1) is 12.2. The van der Waals surface area contributed by atoms with Crippen LogP contribution < -0.4 is 4.74 Å². The first kappa shape index (κ1) is 17.5. The van der Waals surface area contributed by atoms with Gasteiger partial charge in [-0.25, -0.2) is 0 Å². The van der Waals surface area contributed by atoms with Crippen molar-refractivity contribution < 1.29 is 14.6 Å². The van der Waals surface area contributed by atoms with Gasteiger partial charge in [0.1, 0.15) is 12.4 Å². The number of carbonyl (C=O) groups is 1. The molecule has 25 heavy (non-hydrogen) atoms. The summed E-state index contributed by atoms with van der Waals surface area (Å²) in [6.07, 6.45) is 2.20. The molecule has 132 valence electrons. The standard InChI is InChI=1S/C21H25NO3/c1-16-6-2-3-8-18(16)15-25-20-10-4-7-17(12-20)13-21(24)22-11-5-9-19(22)14-23/h2-4,6-8,10,12,19,23H,5,9,11,13-15H2,1H3/t19-/m1/s1. The molecule has 0 saturated carbocycles. The predicted molar refractivity (Wildman–Crippen MR) is 97.5 cm³/mol. The lowest BCUT2D eigenvalue weighted by atomic mass is 10.1. The summed E-state index contributed by atoms with van der Waals surface area (Å²) in [6, 6.07) is 15.8. The summed E-state index contributed by atoms with van der Waals surface area (Å²) >= 11 is 0. The van der Waals surface area contributed by atoms with Gasteiger partial charge in [0.25, 0.3) is 0 Å². The molecule has 0 radical (unpaired) electrons. The summed E-state index contributed by atoms with van der Waals surface area (Å²) in [5.74, 6) is 0.848. The number of carbonyl (C=O) groups excluding carboxylic acids is 1. The van der Waals surface area contributed by atoms with Crippen molar-refractivity contribution in [2.45, 2.75) is 38.8 Å². The van der Waals surface area contributed by atoms with E-state index in [1.54, 1.807) is 4.90 Å². The molecule has 0 spiro atoms. The zero-order valence-corrected chi connectivity index (χ0v) is 14.6. The molecule has 1 aliphatic heterocycles. The number of benzene rings is 2. The molecule has 1 N–H and O–H groups in total. The average molecular weight is 339 g/mol. The van der Waals surface area contributed by atoms with Gasteiger partial charge in [0.2, 0.25) is 5.91 Å². The monoisotopic (exact) mass is 339 g/mol. The van der Waals surface area contributed by atoms with Crippen molar-refractivity contribution in [1.82, 2.24) is 4.90 Å². The fourth-order valence-corrected chi connectivity index (χ4v) is 3.31. The Kier molecular flexibility index (Phi) is 5.71. The average Bonchev–Trinajstić information content (AvgIpc) is 3.10. The van der Waals surface area contributed by atoms with E-state index < -0.39 is 0 Å². The van der Waals surface area contributed by atoms with E-state index in [-0.39, 0.29) is 18.6 Å². The zero-order valence-electron chi connectivity index (χ0n) is 14.6.